The van der Waals surface area contributed by atoms with Crippen molar-refractivity contribution in [3.05, 3.63) is 65.2 Å². The van der Waals surface area contributed by atoms with Gasteiger partial charge in [-0.3, -0.25) is 9.58 Å². The lowest BCUT2D eigenvalue weighted by Crippen LogP contribution is -2.42. The van der Waals surface area contributed by atoms with Crippen LogP contribution in [0.2, 0.25) is 0 Å². The van der Waals surface area contributed by atoms with E-state index in [1.54, 1.807) is 24.2 Å². The summed E-state index contributed by atoms with van der Waals surface area (Å²) in [6.45, 7) is 4.11. The van der Waals surface area contributed by atoms with E-state index in [0.717, 1.165) is 43.6 Å². The highest BCUT2D eigenvalue weighted by atomic mass is 19.4. The fourth-order valence-corrected chi connectivity index (χ4v) is 6.31. The quantitative estimate of drug-likeness (QED) is 0.301. The Morgan fingerprint density at radius 1 is 1.18 bits per heavy atom. The lowest BCUT2D eigenvalue weighted by atomic mass is 9.58. The number of aryl methyl sites for hydroxylation is 1. The van der Waals surface area contributed by atoms with Gasteiger partial charge in [0.2, 0.25) is 5.89 Å². The molecule has 0 bridgehead atoms. The molecule has 1 atom stereocenters. The molecule has 0 radical (unpaired) electrons. The second-order valence-electron chi connectivity index (χ2n) is 11.2. The number of hydrogen-bond donors (Lipinski definition) is 0. The normalized spacial score (nSPS) is 24.3. The Labute approximate surface area is 225 Å². The van der Waals surface area contributed by atoms with Crippen LogP contribution in [0.25, 0.3) is 22.6 Å². The molecule has 2 aliphatic rings. The molecule has 7 nitrogen and oxygen atoms in total. The molecule has 1 saturated heterocycles. The number of rotatable bonds is 6. The van der Waals surface area contributed by atoms with Crippen LogP contribution in [0.5, 0.6) is 0 Å². The minimum Gasteiger partial charge on any atom is -0.435 e. The molecule has 3 heterocycles. The molecule has 0 amide bonds. The van der Waals surface area contributed by atoms with Gasteiger partial charge in [-0.15, -0.1) is 0 Å². The number of oxazole rings is 1. The molecule has 0 N–H and O–H groups in total. The smallest absolute Gasteiger partial charge is 0.420 e. The molecule has 0 spiro atoms. The fraction of sp³-hybridized carbons (Fsp3) is 0.483. The number of halogens is 3. The fourth-order valence-electron chi connectivity index (χ4n) is 6.31. The summed E-state index contributed by atoms with van der Waals surface area (Å²) in [4.78, 5) is 11.2. The van der Waals surface area contributed by atoms with Gasteiger partial charge in [0.1, 0.15) is 17.4 Å². The first kappa shape index (κ1) is 26.0. The van der Waals surface area contributed by atoms with E-state index in [-0.39, 0.29) is 28.5 Å². The minimum atomic E-state index is -4.57. The number of aromatic nitrogens is 4. The average Bonchev–Trinajstić information content (AvgIpc) is 3.52. The van der Waals surface area contributed by atoms with Gasteiger partial charge in [-0.1, -0.05) is 19.1 Å². The molecular weight excluding hydrogens is 507 g/mol. The van der Waals surface area contributed by atoms with Crippen LogP contribution < -0.4 is 0 Å². The van der Waals surface area contributed by atoms with Crippen molar-refractivity contribution in [3.63, 3.8) is 0 Å². The van der Waals surface area contributed by atoms with Crippen molar-refractivity contribution in [2.75, 3.05) is 20.2 Å². The number of benzene rings is 2. The van der Waals surface area contributed by atoms with Gasteiger partial charge in [0, 0.05) is 32.8 Å². The van der Waals surface area contributed by atoms with Crippen molar-refractivity contribution < 1.29 is 22.3 Å². The van der Waals surface area contributed by atoms with E-state index in [1.807, 2.05) is 31.3 Å². The van der Waals surface area contributed by atoms with Crippen molar-refractivity contribution in [2.24, 2.45) is 13.0 Å². The Morgan fingerprint density at radius 3 is 2.69 bits per heavy atom. The second kappa shape index (κ2) is 9.75. The zero-order chi connectivity index (χ0) is 27.4. The second-order valence-corrected chi connectivity index (χ2v) is 11.2. The van der Waals surface area contributed by atoms with E-state index >= 15 is 0 Å². The summed E-state index contributed by atoms with van der Waals surface area (Å²) >= 11 is 0. The molecular formula is C29H32F3N5O2. The van der Waals surface area contributed by atoms with Gasteiger partial charge in [0.25, 0.3) is 0 Å². The maximum Gasteiger partial charge on any atom is 0.420 e. The Bertz CT molecular complexity index is 1490. The molecule has 2 fully saturated rings. The first-order valence-electron chi connectivity index (χ1n) is 13.4. The molecule has 4 aromatic rings. The van der Waals surface area contributed by atoms with E-state index < -0.39 is 11.7 Å². The monoisotopic (exact) mass is 539 g/mol. The Kier molecular flexibility index (Phi) is 6.50. The average molecular weight is 540 g/mol. The summed E-state index contributed by atoms with van der Waals surface area (Å²) in [5.74, 6) is 1.45. The highest BCUT2D eigenvalue weighted by molar-refractivity contribution is 5.81. The van der Waals surface area contributed by atoms with Gasteiger partial charge in [-0.25, -0.2) is 9.97 Å². The van der Waals surface area contributed by atoms with Gasteiger partial charge in [0.15, 0.2) is 11.4 Å². The molecule has 2 aromatic carbocycles. The van der Waals surface area contributed by atoms with Gasteiger partial charge in [0.05, 0.1) is 11.5 Å². The third-order valence-corrected chi connectivity index (χ3v) is 8.14. The molecule has 2 aromatic heterocycles. The zero-order valence-corrected chi connectivity index (χ0v) is 22.3. The van der Waals surface area contributed by atoms with Gasteiger partial charge >= 0.3 is 6.18 Å². The van der Waals surface area contributed by atoms with E-state index in [1.165, 1.54) is 6.07 Å². The third-order valence-electron chi connectivity index (χ3n) is 8.14. The highest BCUT2D eigenvalue weighted by Gasteiger charge is 2.48. The van der Waals surface area contributed by atoms with Crippen molar-refractivity contribution in [1.82, 2.24) is 24.6 Å². The van der Waals surface area contributed by atoms with E-state index in [4.69, 9.17) is 9.15 Å². The zero-order valence-electron chi connectivity index (χ0n) is 22.3. The van der Waals surface area contributed by atoms with Crippen molar-refractivity contribution in [1.29, 1.82) is 0 Å². The summed E-state index contributed by atoms with van der Waals surface area (Å²) in [6, 6.07) is 10.6. The predicted molar refractivity (Wildman–Crippen MR) is 140 cm³/mol. The van der Waals surface area contributed by atoms with E-state index in [2.05, 4.69) is 26.9 Å². The standard InChI is InChI=1S/C29H32F3N5O2/c1-18-13-28(14-18,27-33-17-36(2)35-27)21-7-4-6-20(12-21)26-34-24-11-19(10-23(25(24)39-26)29(30,31)32)15-37-9-5-8-22(16-37)38-3/h4,6-7,10-12,17-18,22H,5,8-9,13-16H2,1-3H3/t18?,22-,28?/m0/s1. The summed E-state index contributed by atoms with van der Waals surface area (Å²) in [6.07, 6.45) is 0.930. The van der Waals surface area contributed by atoms with Gasteiger partial charge < -0.3 is 9.15 Å². The number of likely N-dealkylation sites (tertiary alicyclic amines) is 1. The van der Waals surface area contributed by atoms with Crippen LogP contribution in [0.3, 0.4) is 0 Å². The molecule has 1 saturated carbocycles. The van der Waals surface area contributed by atoms with Crippen LogP contribution in [-0.4, -0.2) is 51.0 Å². The largest absolute Gasteiger partial charge is 0.435 e. The number of piperidine rings is 1. The number of nitrogens with zero attached hydrogens (tertiary/aromatic N) is 5. The van der Waals surface area contributed by atoms with Crippen molar-refractivity contribution >= 4 is 11.1 Å². The van der Waals surface area contributed by atoms with E-state index in [9.17, 15) is 13.2 Å². The first-order chi connectivity index (χ1) is 18.6. The van der Waals surface area contributed by atoms with Gasteiger partial charge in [-0.2, -0.15) is 18.3 Å². The summed E-state index contributed by atoms with van der Waals surface area (Å²) in [7, 11) is 3.52. The summed E-state index contributed by atoms with van der Waals surface area (Å²) in [5.41, 5.74) is 1.04. The minimum absolute atomic E-state index is 0.0960. The topological polar surface area (TPSA) is 69.2 Å². The number of hydrogen-bond acceptors (Lipinski definition) is 6. The van der Waals surface area contributed by atoms with Crippen LogP contribution >= 0.6 is 0 Å². The van der Waals surface area contributed by atoms with Crippen molar-refractivity contribution in [2.45, 2.75) is 56.8 Å². The molecule has 0 unspecified atom stereocenters. The summed E-state index contributed by atoms with van der Waals surface area (Å²) in [5, 5.41) is 4.59. The number of ether oxygens (including phenoxy) is 1. The van der Waals surface area contributed by atoms with Crippen LogP contribution in [0.15, 0.2) is 47.1 Å². The maximum atomic E-state index is 14.2. The number of alkyl halides is 3. The summed E-state index contributed by atoms with van der Waals surface area (Å²) < 4.78 is 55.5. The SMILES string of the molecule is CO[C@H]1CCCN(Cc2cc(C(F)(F)F)c3oc(-c4cccc(C5(c6ncn(C)n6)CC(C)C5)c4)nc3c2)C1. The maximum absolute atomic E-state index is 14.2. The lowest BCUT2D eigenvalue weighted by molar-refractivity contribution is -0.136. The molecule has 1 aliphatic carbocycles. The Morgan fingerprint density at radius 2 is 2.00 bits per heavy atom. The number of methoxy groups -OCH3 is 1. The third kappa shape index (κ3) is 4.84. The van der Waals surface area contributed by atoms with Crippen LogP contribution in [0, 0.1) is 5.92 Å². The van der Waals surface area contributed by atoms with Crippen LogP contribution in [0.1, 0.15) is 55.1 Å². The molecule has 1 aliphatic heterocycles. The predicted octanol–water partition coefficient (Wildman–Crippen LogP) is 5.97. The van der Waals surface area contributed by atoms with Crippen molar-refractivity contribution in [3.8, 4) is 11.5 Å². The van der Waals surface area contributed by atoms with Crippen LogP contribution in [-0.2, 0) is 29.9 Å². The molecule has 39 heavy (non-hydrogen) atoms. The van der Waals surface area contributed by atoms with Crippen LogP contribution in [0.4, 0.5) is 13.2 Å². The first-order valence-corrected chi connectivity index (χ1v) is 13.4. The Balaban J connectivity index is 1.37. The highest BCUT2D eigenvalue weighted by Crippen LogP contribution is 2.51. The Hall–Kier alpha value is -3.24. The van der Waals surface area contributed by atoms with E-state index in [0.29, 0.717) is 30.1 Å². The van der Waals surface area contributed by atoms with Gasteiger partial charge in [-0.05, 0) is 73.5 Å². The molecule has 10 heteroatoms. The molecule has 6 rings (SSSR count). The molecule has 206 valence electrons. The number of fused-ring (bicyclic) bond motifs is 1. The lowest BCUT2D eigenvalue weighted by Gasteiger charge is -2.45.